The molecule has 1 aliphatic rings. The Bertz CT molecular complexity index is 1430. The van der Waals surface area contributed by atoms with Crippen molar-refractivity contribution >= 4 is 29.1 Å². The Labute approximate surface area is 221 Å². The average Bonchev–Trinajstić information content (AvgIpc) is 3.12. The summed E-state index contributed by atoms with van der Waals surface area (Å²) in [7, 11) is 2.82. The zero-order valence-corrected chi connectivity index (χ0v) is 21.4. The van der Waals surface area contributed by atoms with Crippen LogP contribution in [0.4, 0.5) is 13.2 Å². The molecule has 1 aliphatic heterocycles. The molecular weight excluding hydrogens is 523 g/mol. The molecule has 3 aromatic rings. The number of methoxy groups -OCH3 is 2. The molecule has 3 aromatic carbocycles. The topological polar surface area (TPSA) is 76.1 Å². The summed E-state index contributed by atoms with van der Waals surface area (Å²) in [6, 6.07) is 13.0. The van der Waals surface area contributed by atoms with Gasteiger partial charge >= 0.3 is 6.18 Å². The number of hydrogen-bond acceptors (Lipinski definition) is 5. The van der Waals surface area contributed by atoms with Gasteiger partial charge in [0.15, 0.2) is 0 Å². The van der Waals surface area contributed by atoms with Crippen molar-refractivity contribution in [2.45, 2.75) is 25.7 Å². The van der Waals surface area contributed by atoms with Gasteiger partial charge in [-0.1, -0.05) is 35.9 Å². The number of aryl methyl sites for hydroxylation is 1. The van der Waals surface area contributed by atoms with E-state index in [2.05, 4.69) is 0 Å². The molecule has 0 bridgehead atoms. The standard InChI is InChI=1S/C28H23ClF3NO5/c1-15-11-20(26(38-3)21(29)12-15)24(34)22-23(17-7-9-19(37-2)10-8-17)33(27(36)25(22)35)14-16-5-4-6-18(13-16)28(30,31)32/h4-13,23,34H,14H2,1-3H3/b24-22+. The summed E-state index contributed by atoms with van der Waals surface area (Å²) in [6.07, 6.45) is -4.58. The molecule has 10 heteroatoms. The normalized spacial score (nSPS) is 17.1. The Morgan fingerprint density at radius 2 is 1.71 bits per heavy atom. The number of ketones is 1. The van der Waals surface area contributed by atoms with E-state index in [9.17, 15) is 27.9 Å². The van der Waals surface area contributed by atoms with Crippen molar-refractivity contribution in [3.8, 4) is 11.5 Å². The number of aliphatic hydroxyl groups excluding tert-OH is 1. The van der Waals surface area contributed by atoms with Crippen molar-refractivity contribution in [2.75, 3.05) is 14.2 Å². The lowest BCUT2D eigenvalue weighted by molar-refractivity contribution is -0.140. The number of carbonyl (C=O) groups excluding carboxylic acids is 2. The van der Waals surface area contributed by atoms with Gasteiger partial charge in [-0.25, -0.2) is 0 Å². The molecule has 6 nitrogen and oxygen atoms in total. The Morgan fingerprint density at radius 3 is 2.32 bits per heavy atom. The van der Waals surface area contributed by atoms with Gasteiger partial charge in [-0.15, -0.1) is 0 Å². The van der Waals surface area contributed by atoms with Gasteiger partial charge in [0.05, 0.1) is 42.0 Å². The van der Waals surface area contributed by atoms with Gasteiger partial charge in [0.25, 0.3) is 11.7 Å². The summed E-state index contributed by atoms with van der Waals surface area (Å²) in [5.41, 5.74) is 0.246. The van der Waals surface area contributed by atoms with Crippen molar-refractivity contribution in [1.29, 1.82) is 0 Å². The molecule has 198 valence electrons. The van der Waals surface area contributed by atoms with Crippen LogP contribution in [-0.4, -0.2) is 35.9 Å². The molecular formula is C28H23ClF3NO5. The van der Waals surface area contributed by atoms with E-state index < -0.39 is 35.2 Å². The van der Waals surface area contributed by atoms with Crippen molar-refractivity contribution in [3.05, 3.63) is 99.1 Å². The predicted molar refractivity (Wildman–Crippen MR) is 135 cm³/mol. The molecule has 0 aliphatic carbocycles. The van der Waals surface area contributed by atoms with Crippen LogP contribution >= 0.6 is 11.6 Å². The fourth-order valence-electron chi connectivity index (χ4n) is 4.48. The lowest BCUT2D eigenvalue weighted by Gasteiger charge is -2.26. The second-order valence-corrected chi connectivity index (χ2v) is 9.13. The van der Waals surface area contributed by atoms with Gasteiger partial charge in [-0.3, -0.25) is 9.59 Å². The highest BCUT2D eigenvalue weighted by molar-refractivity contribution is 6.46. The lowest BCUT2D eigenvalue weighted by atomic mass is 9.94. The molecule has 1 fully saturated rings. The second kappa shape index (κ2) is 10.4. The van der Waals surface area contributed by atoms with Gasteiger partial charge in [0.1, 0.15) is 17.3 Å². The van der Waals surface area contributed by atoms with Crippen LogP contribution in [0.5, 0.6) is 11.5 Å². The molecule has 0 aromatic heterocycles. The maximum absolute atomic E-state index is 13.3. The molecule has 4 rings (SSSR count). The molecule has 1 amide bonds. The molecule has 38 heavy (non-hydrogen) atoms. The van der Waals surface area contributed by atoms with E-state index in [1.165, 1.54) is 26.4 Å². The first-order valence-electron chi connectivity index (χ1n) is 11.4. The third-order valence-electron chi connectivity index (χ3n) is 6.23. The largest absolute Gasteiger partial charge is 0.507 e. The van der Waals surface area contributed by atoms with E-state index in [-0.39, 0.29) is 34.0 Å². The summed E-state index contributed by atoms with van der Waals surface area (Å²) in [6.45, 7) is 1.42. The number of rotatable bonds is 6. The third kappa shape index (κ3) is 5.06. The summed E-state index contributed by atoms with van der Waals surface area (Å²) >= 11 is 6.30. The Kier molecular flexibility index (Phi) is 7.42. The zero-order chi connectivity index (χ0) is 27.8. The van der Waals surface area contributed by atoms with E-state index in [0.717, 1.165) is 17.0 Å². The highest BCUT2D eigenvalue weighted by atomic mass is 35.5. The lowest BCUT2D eigenvalue weighted by Crippen LogP contribution is -2.29. The van der Waals surface area contributed by atoms with Gasteiger partial charge in [0.2, 0.25) is 0 Å². The van der Waals surface area contributed by atoms with Crippen LogP contribution in [0.25, 0.3) is 5.76 Å². The number of alkyl halides is 3. The van der Waals surface area contributed by atoms with Crippen LogP contribution in [-0.2, 0) is 22.3 Å². The Hall–Kier alpha value is -3.98. The van der Waals surface area contributed by atoms with E-state index in [4.69, 9.17) is 21.1 Å². The summed E-state index contributed by atoms with van der Waals surface area (Å²) in [4.78, 5) is 27.7. The van der Waals surface area contributed by atoms with Crippen molar-refractivity contribution in [2.24, 2.45) is 0 Å². The summed E-state index contributed by atoms with van der Waals surface area (Å²) in [5, 5.41) is 11.6. The maximum Gasteiger partial charge on any atom is 0.416 e. The molecule has 1 unspecified atom stereocenters. The zero-order valence-electron chi connectivity index (χ0n) is 20.6. The quantitative estimate of drug-likeness (QED) is 0.223. The number of carbonyl (C=O) groups is 2. The SMILES string of the molecule is COc1ccc(C2/C(=C(\O)c3cc(C)cc(Cl)c3OC)C(=O)C(=O)N2Cc2cccc(C(F)(F)F)c2)cc1. The first-order valence-corrected chi connectivity index (χ1v) is 11.8. The van der Waals surface area contributed by atoms with Gasteiger partial charge in [-0.05, 0) is 60.0 Å². The molecule has 0 radical (unpaired) electrons. The summed E-state index contributed by atoms with van der Waals surface area (Å²) < 4.78 is 50.5. The number of likely N-dealkylation sites (tertiary alicyclic amines) is 1. The van der Waals surface area contributed by atoms with Crippen molar-refractivity contribution in [1.82, 2.24) is 4.90 Å². The molecule has 0 spiro atoms. The van der Waals surface area contributed by atoms with E-state index in [1.54, 1.807) is 43.3 Å². The van der Waals surface area contributed by atoms with Crippen LogP contribution in [0.3, 0.4) is 0 Å². The van der Waals surface area contributed by atoms with Crippen molar-refractivity contribution < 1.29 is 37.3 Å². The molecule has 1 atom stereocenters. The molecule has 1 heterocycles. The Balaban J connectivity index is 1.90. The van der Waals surface area contributed by atoms with E-state index in [1.807, 2.05) is 0 Å². The molecule has 1 saturated heterocycles. The van der Waals surface area contributed by atoms with E-state index in [0.29, 0.717) is 16.9 Å². The first kappa shape index (κ1) is 27.1. The monoisotopic (exact) mass is 545 g/mol. The number of halogens is 4. The highest BCUT2D eigenvalue weighted by Crippen LogP contribution is 2.43. The van der Waals surface area contributed by atoms with Gasteiger partial charge in [0, 0.05) is 6.54 Å². The number of ether oxygens (including phenoxy) is 2. The highest BCUT2D eigenvalue weighted by Gasteiger charge is 2.46. The number of aliphatic hydroxyl groups is 1. The van der Waals surface area contributed by atoms with Gasteiger partial charge < -0.3 is 19.5 Å². The minimum absolute atomic E-state index is 0.104. The molecule has 1 N–H and O–H groups in total. The van der Waals surface area contributed by atoms with Gasteiger partial charge in [-0.2, -0.15) is 13.2 Å². The van der Waals surface area contributed by atoms with Crippen molar-refractivity contribution in [3.63, 3.8) is 0 Å². The minimum Gasteiger partial charge on any atom is -0.507 e. The number of Topliss-reactive ketones (excluding diaryl/α,β-unsaturated/α-hetero) is 1. The van der Waals surface area contributed by atoms with Crippen LogP contribution < -0.4 is 9.47 Å². The van der Waals surface area contributed by atoms with E-state index >= 15 is 0 Å². The molecule has 0 saturated carbocycles. The van der Waals surface area contributed by atoms with Crippen LogP contribution in [0.15, 0.2) is 66.2 Å². The minimum atomic E-state index is -4.58. The first-order chi connectivity index (χ1) is 18.0. The summed E-state index contributed by atoms with van der Waals surface area (Å²) in [5.74, 6) is -1.86. The fraction of sp³-hybridized carbons (Fsp3) is 0.214. The van der Waals surface area contributed by atoms with Crippen LogP contribution in [0.2, 0.25) is 5.02 Å². The predicted octanol–water partition coefficient (Wildman–Crippen LogP) is 6.31. The van der Waals surface area contributed by atoms with Crippen LogP contribution in [0.1, 0.15) is 33.9 Å². The Morgan fingerprint density at radius 1 is 1.03 bits per heavy atom. The fourth-order valence-corrected chi connectivity index (χ4v) is 4.83. The smallest absolute Gasteiger partial charge is 0.416 e. The second-order valence-electron chi connectivity index (χ2n) is 8.73. The number of benzene rings is 3. The maximum atomic E-state index is 13.3. The number of amides is 1. The third-order valence-corrected chi connectivity index (χ3v) is 6.51. The number of hydrogen-bond donors (Lipinski definition) is 1. The van der Waals surface area contributed by atoms with Crippen LogP contribution in [0, 0.1) is 6.92 Å². The average molecular weight is 546 g/mol. The number of nitrogens with zero attached hydrogens (tertiary/aromatic N) is 1.